The van der Waals surface area contributed by atoms with Crippen LogP contribution in [0.4, 0.5) is 0 Å². The van der Waals surface area contributed by atoms with E-state index in [1.54, 1.807) is 96.3 Å². The molecule has 0 spiro atoms. The fraction of sp³-hybridized carbons (Fsp3) is 0.881. The summed E-state index contributed by atoms with van der Waals surface area (Å²) in [5.74, 6) is 9.45. The second-order valence-corrected chi connectivity index (χ2v) is 13.9. The van der Waals surface area contributed by atoms with Crippen molar-refractivity contribution in [1.29, 1.82) is 0 Å². The second-order valence-electron chi connectivity index (χ2n) is 13.9. The van der Waals surface area contributed by atoms with Crippen molar-refractivity contribution in [3.05, 3.63) is 35.1 Å². The van der Waals surface area contributed by atoms with Gasteiger partial charge < -0.3 is 31.8 Å². The average Bonchev–Trinajstić information content (AvgIpc) is 3.90. The van der Waals surface area contributed by atoms with Crippen molar-refractivity contribution in [2.75, 3.05) is 13.2 Å². The molecule has 0 aromatic rings. The predicted molar refractivity (Wildman–Crippen MR) is 197 cm³/mol. The van der Waals surface area contributed by atoms with Crippen LogP contribution in [0, 0.1) is 82.5 Å². The van der Waals surface area contributed by atoms with Crippen LogP contribution >= 0.6 is 0 Å². The number of fused-ring (bicyclic) bond motifs is 9. The van der Waals surface area contributed by atoms with Crippen LogP contribution in [0.25, 0.3) is 0 Å². The SMILES string of the molecule is C1CC2C3CCC(C3)C2C1.C1CC2CCC1C2.C1CCC2CCCCC2C1.CC.CC.CC.[CH-]1COC2[CH-]COC12.[CH3-].[CH3-].[CH3-].[Y].[Y].[Y].[Y].[Y]. The largest absolute Gasteiger partial charge is 0.442 e. The molecule has 0 N–H and O–H groups in total. The first-order chi connectivity index (χ1) is 20.3. The molecule has 9 rings (SSSR count). The van der Waals surface area contributed by atoms with Crippen LogP contribution < -0.4 is 0 Å². The topological polar surface area (TPSA) is 18.5 Å². The minimum absolute atomic E-state index is 0. The van der Waals surface area contributed by atoms with Crippen molar-refractivity contribution < 1.29 is 173 Å². The van der Waals surface area contributed by atoms with Crippen molar-refractivity contribution >= 4 is 0 Å². The first-order valence-electron chi connectivity index (χ1n) is 19.2. The van der Waals surface area contributed by atoms with Gasteiger partial charge in [0.15, 0.2) is 0 Å². The molecule has 2 heterocycles. The van der Waals surface area contributed by atoms with Gasteiger partial charge in [0.1, 0.15) is 0 Å². The van der Waals surface area contributed by atoms with Gasteiger partial charge in [-0.3, -0.25) is 12.8 Å². The smallest absolute Gasteiger partial charge is 0 e. The molecule has 6 atom stereocenters. The maximum absolute atomic E-state index is 5.24. The van der Waals surface area contributed by atoms with Crippen LogP contribution in [-0.2, 0) is 173 Å². The third-order valence-electron chi connectivity index (χ3n) is 12.0. The van der Waals surface area contributed by atoms with Crippen LogP contribution in [-0.4, -0.2) is 25.4 Å². The number of hydrogen-bond donors (Lipinski definition) is 0. The summed E-state index contributed by atoms with van der Waals surface area (Å²) in [6, 6.07) is 0. The number of ether oxygens (including phenoxy) is 2. The van der Waals surface area contributed by atoms with E-state index in [4.69, 9.17) is 9.47 Å². The van der Waals surface area contributed by atoms with E-state index in [2.05, 4.69) is 12.8 Å². The molecule has 49 heavy (non-hydrogen) atoms. The molecular formula is C42H81O2Y5-5. The molecule has 2 nitrogen and oxygen atoms in total. The zero-order chi connectivity index (χ0) is 29.5. The van der Waals surface area contributed by atoms with E-state index in [9.17, 15) is 0 Å². The Labute approximate surface area is 437 Å². The zero-order valence-corrected chi connectivity index (χ0v) is 48.7. The van der Waals surface area contributed by atoms with Crippen LogP contribution in [0.2, 0.25) is 0 Å². The Kier molecular flexibility index (Phi) is 54.4. The molecule has 281 valence electrons. The summed E-state index contributed by atoms with van der Waals surface area (Å²) in [5.41, 5.74) is 0. The van der Waals surface area contributed by atoms with Gasteiger partial charge in [-0.05, 0) is 85.9 Å². The Bertz CT molecular complexity index is 591. The Morgan fingerprint density at radius 3 is 0.980 bits per heavy atom. The van der Waals surface area contributed by atoms with E-state index in [-0.39, 0.29) is 198 Å². The maximum atomic E-state index is 5.24. The summed E-state index contributed by atoms with van der Waals surface area (Å²) in [5, 5.41) is 0. The molecule has 0 aromatic carbocycles. The van der Waals surface area contributed by atoms with E-state index in [0.29, 0.717) is 0 Å². The summed E-state index contributed by atoms with van der Waals surface area (Å²) in [6.07, 6.45) is 34.4. The third kappa shape index (κ3) is 21.9. The molecule has 7 aliphatic carbocycles. The number of rotatable bonds is 0. The minimum Gasteiger partial charge on any atom is -0.442 e. The Hall–Kier alpha value is 5.44. The maximum Gasteiger partial charge on any atom is 0 e. The minimum atomic E-state index is 0. The van der Waals surface area contributed by atoms with E-state index >= 15 is 0 Å². The van der Waals surface area contributed by atoms with Gasteiger partial charge in [-0.25, -0.2) is 0 Å². The molecule has 0 aromatic heterocycles. The number of hydrogen-bond acceptors (Lipinski definition) is 2. The zero-order valence-electron chi connectivity index (χ0n) is 34.5. The van der Waals surface area contributed by atoms with E-state index in [0.717, 1.165) is 25.0 Å². The Balaban J connectivity index is -0.000000114. The molecule has 9 fully saturated rings. The summed E-state index contributed by atoms with van der Waals surface area (Å²) in [6.45, 7) is 13.5. The van der Waals surface area contributed by atoms with Gasteiger partial charge in [0.05, 0.1) is 0 Å². The van der Waals surface area contributed by atoms with Crippen molar-refractivity contribution in [2.24, 2.45) is 47.3 Å². The van der Waals surface area contributed by atoms with Gasteiger partial charge in [-0.15, -0.1) is 0 Å². The Morgan fingerprint density at radius 1 is 0.367 bits per heavy atom. The van der Waals surface area contributed by atoms with Gasteiger partial charge >= 0.3 is 0 Å². The molecule has 2 saturated heterocycles. The fourth-order valence-electron chi connectivity index (χ4n) is 10.2. The standard InChI is InChI=1S/C10H16.C10H18.C7H12.C6H8O2.3C2H6.3CH3.5Y/c1-2-9-7-4-5-8(6-7)10(9)3-1;1-2-6-10-8-4-3-7-9(10)5-1;1-2-7-4-3-6(1)5-7;1-3-7-6-2-4-8-5(1)6;3*1-2;;;;;;;;/h7-10H,1-6H2;9-10H,1-8H2;6-7H,1-5H2;1-2,5-6H,3-4H2;3*1-2H3;3*1H3;;;;;/q;;;-2;;;;3*-1;;;;;. The molecule has 5 radical (unpaired) electrons. The van der Waals surface area contributed by atoms with Crippen molar-refractivity contribution in [3.8, 4) is 0 Å². The van der Waals surface area contributed by atoms with Crippen LogP contribution in [0.15, 0.2) is 0 Å². The summed E-state index contributed by atoms with van der Waals surface area (Å²) in [7, 11) is 0. The van der Waals surface area contributed by atoms with Gasteiger partial charge in [0.25, 0.3) is 0 Å². The summed E-state index contributed by atoms with van der Waals surface area (Å²) in [4.78, 5) is 0. The molecule has 2 aliphatic heterocycles. The van der Waals surface area contributed by atoms with E-state index < -0.39 is 0 Å². The quantitative estimate of drug-likeness (QED) is 0.225. The summed E-state index contributed by atoms with van der Waals surface area (Å²) >= 11 is 0. The molecule has 9 aliphatic rings. The second kappa shape index (κ2) is 40.2. The van der Waals surface area contributed by atoms with E-state index in [1.165, 1.54) is 61.2 Å². The van der Waals surface area contributed by atoms with Crippen LogP contribution in [0.1, 0.15) is 164 Å². The van der Waals surface area contributed by atoms with Crippen LogP contribution in [0.3, 0.4) is 0 Å². The van der Waals surface area contributed by atoms with Crippen molar-refractivity contribution in [3.63, 3.8) is 0 Å². The first-order valence-corrected chi connectivity index (χ1v) is 19.2. The molecule has 6 unspecified atom stereocenters. The third-order valence-corrected chi connectivity index (χ3v) is 12.0. The molecule has 0 amide bonds. The van der Waals surface area contributed by atoms with Crippen molar-refractivity contribution in [1.82, 2.24) is 0 Å². The van der Waals surface area contributed by atoms with Gasteiger partial charge in [0.2, 0.25) is 0 Å². The molecule has 4 bridgehead atoms. The molecule has 7 saturated carbocycles. The predicted octanol–water partition coefficient (Wildman–Crippen LogP) is 13.0. The molecular weight excluding hydrogens is 981 g/mol. The molecule has 7 heteroatoms. The van der Waals surface area contributed by atoms with Gasteiger partial charge in [0, 0.05) is 164 Å². The Morgan fingerprint density at radius 2 is 0.694 bits per heavy atom. The van der Waals surface area contributed by atoms with Gasteiger partial charge in [-0.2, -0.15) is 0 Å². The van der Waals surface area contributed by atoms with Gasteiger partial charge in [-0.1, -0.05) is 150 Å². The van der Waals surface area contributed by atoms with Crippen molar-refractivity contribution in [2.45, 2.75) is 176 Å². The fourth-order valence-corrected chi connectivity index (χ4v) is 10.2. The van der Waals surface area contributed by atoms with E-state index in [1.807, 2.05) is 41.5 Å². The first kappa shape index (κ1) is 66.3. The average molecular weight is 1060 g/mol. The monoisotopic (exact) mass is 1060 g/mol. The normalized spacial score (nSPS) is 34.7. The summed E-state index contributed by atoms with van der Waals surface area (Å²) < 4.78 is 10.5. The van der Waals surface area contributed by atoms with Crippen LogP contribution in [0.5, 0.6) is 0 Å².